The zero-order valence-corrected chi connectivity index (χ0v) is 13.7. The summed E-state index contributed by atoms with van der Waals surface area (Å²) in [5, 5.41) is 0. The van der Waals surface area contributed by atoms with Crippen molar-refractivity contribution in [1.29, 1.82) is 0 Å². The van der Waals surface area contributed by atoms with Gasteiger partial charge < -0.3 is 8.92 Å². The fraction of sp³-hybridized carbons (Fsp3) is 0.200. The van der Waals surface area contributed by atoms with E-state index in [-0.39, 0.29) is 11.1 Å². The molecule has 0 aliphatic rings. The number of aryl methyl sites for hydroxylation is 1. The SMILES string of the molecule is Cc1ccc(-c2ccc(OC(F)(F)F)cc2OS(=O)(=O)C(F)(F)F)cc1. The number of halogens is 6. The van der Waals surface area contributed by atoms with Crippen molar-refractivity contribution in [3.05, 3.63) is 48.0 Å². The van der Waals surface area contributed by atoms with Crippen LogP contribution in [0.5, 0.6) is 11.5 Å². The van der Waals surface area contributed by atoms with E-state index in [1.165, 1.54) is 12.1 Å². The van der Waals surface area contributed by atoms with Gasteiger partial charge in [-0.2, -0.15) is 21.6 Å². The smallest absolute Gasteiger partial charge is 0.406 e. The van der Waals surface area contributed by atoms with E-state index in [9.17, 15) is 34.8 Å². The minimum absolute atomic E-state index is 0.160. The summed E-state index contributed by atoms with van der Waals surface area (Å²) in [6.07, 6.45) is -5.12. The Balaban J connectivity index is 2.55. The lowest BCUT2D eigenvalue weighted by Crippen LogP contribution is -2.28. The lowest BCUT2D eigenvalue weighted by Gasteiger charge is -2.15. The number of benzene rings is 2. The van der Waals surface area contributed by atoms with E-state index < -0.39 is 33.5 Å². The molecule has 0 heterocycles. The van der Waals surface area contributed by atoms with Gasteiger partial charge in [0, 0.05) is 11.6 Å². The van der Waals surface area contributed by atoms with Gasteiger partial charge in [-0.1, -0.05) is 29.8 Å². The van der Waals surface area contributed by atoms with Crippen molar-refractivity contribution in [2.24, 2.45) is 0 Å². The van der Waals surface area contributed by atoms with E-state index in [4.69, 9.17) is 0 Å². The van der Waals surface area contributed by atoms with Crippen molar-refractivity contribution in [2.75, 3.05) is 0 Å². The Kier molecular flexibility index (Phi) is 5.13. The van der Waals surface area contributed by atoms with Gasteiger partial charge >= 0.3 is 22.0 Å². The second kappa shape index (κ2) is 6.71. The monoisotopic (exact) mass is 400 g/mol. The highest BCUT2D eigenvalue weighted by Crippen LogP contribution is 2.38. The lowest BCUT2D eigenvalue weighted by atomic mass is 10.0. The van der Waals surface area contributed by atoms with Crippen LogP contribution in [0.4, 0.5) is 26.3 Å². The van der Waals surface area contributed by atoms with E-state index in [0.717, 1.165) is 17.7 Å². The number of hydrogen-bond donors (Lipinski definition) is 0. The van der Waals surface area contributed by atoms with Crippen molar-refractivity contribution in [3.63, 3.8) is 0 Å². The summed E-state index contributed by atoms with van der Waals surface area (Å²) < 4.78 is 105. The van der Waals surface area contributed by atoms with Gasteiger partial charge in [-0.3, -0.25) is 0 Å². The molecule has 0 aliphatic carbocycles. The van der Waals surface area contributed by atoms with Crippen LogP contribution in [0.3, 0.4) is 0 Å². The predicted molar refractivity (Wildman–Crippen MR) is 78.9 cm³/mol. The first-order chi connectivity index (χ1) is 11.8. The van der Waals surface area contributed by atoms with Crippen molar-refractivity contribution < 1.29 is 43.7 Å². The van der Waals surface area contributed by atoms with Crippen molar-refractivity contribution in [3.8, 4) is 22.6 Å². The van der Waals surface area contributed by atoms with Gasteiger partial charge in [-0.05, 0) is 24.6 Å². The summed E-state index contributed by atoms with van der Waals surface area (Å²) in [5.74, 6) is -1.88. The Morgan fingerprint density at radius 2 is 1.46 bits per heavy atom. The number of ether oxygens (including phenoxy) is 1. The van der Waals surface area contributed by atoms with E-state index in [1.807, 2.05) is 0 Å². The predicted octanol–water partition coefficient (Wildman–Crippen LogP) is 4.79. The molecule has 0 fully saturated rings. The molecule has 2 rings (SSSR count). The zero-order chi connectivity index (χ0) is 19.8. The van der Waals surface area contributed by atoms with Gasteiger partial charge in [-0.25, -0.2) is 0 Å². The molecule has 0 N–H and O–H groups in total. The first-order valence-corrected chi connectivity index (χ1v) is 8.17. The fourth-order valence-corrected chi connectivity index (χ4v) is 2.37. The van der Waals surface area contributed by atoms with Gasteiger partial charge in [0.25, 0.3) is 0 Å². The van der Waals surface area contributed by atoms with Gasteiger partial charge in [0.2, 0.25) is 0 Å². The molecule has 2 aromatic rings. The first-order valence-electron chi connectivity index (χ1n) is 6.76. The maximum absolute atomic E-state index is 12.6. The molecule has 4 nitrogen and oxygen atoms in total. The summed E-state index contributed by atoms with van der Waals surface area (Å²) >= 11 is 0. The largest absolute Gasteiger partial charge is 0.573 e. The fourth-order valence-electron chi connectivity index (χ4n) is 1.91. The third-order valence-corrected chi connectivity index (χ3v) is 4.00. The van der Waals surface area contributed by atoms with Gasteiger partial charge in [0.05, 0.1) is 0 Å². The topological polar surface area (TPSA) is 52.6 Å². The van der Waals surface area contributed by atoms with E-state index in [0.29, 0.717) is 6.07 Å². The summed E-state index contributed by atoms with van der Waals surface area (Å²) in [7, 11) is -6.09. The molecule has 0 saturated carbocycles. The molecule has 0 atom stereocenters. The van der Waals surface area contributed by atoms with Gasteiger partial charge in [0.1, 0.15) is 5.75 Å². The third-order valence-electron chi connectivity index (χ3n) is 3.03. The minimum Gasteiger partial charge on any atom is -0.406 e. The van der Waals surface area contributed by atoms with E-state index in [2.05, 4.69) is 8.92 Å². The van der Waals surface area contributed by atoms with Crippen LogP contribution >= 0.6 is 0 Å². The highest BCUT2D eigenvalue weighted by atomic mass is 32.2. The van der Waals surface area contributed by atoms with Crippen molar-refractivity contribution in [1.82, 2.24) is 0 Å². The molecule has 0 spiro atoms. The average Bonchev–Trinajstić information content (AvgIpc) is 2.45. The highest BCUT2D eigenvalue weighted by molar-refractivity contribution is 7.88. The van der Waals surface area contributed by atoms with Gasteiger partial charge in [0.15, 0.2) is 5.75 Å². The van der Waals surface area contributed by atoms with Gasteiger partial charge in [-0.15, -0.1) is 13.2 Å². The molecule has 2 aromatic carbocycles. The Morgan fingerprint density at radius 3 is 1.96 bits per heavy atom. The summed E-state index contributed by atoms with van der Waals surface area (Å²) in [6, 6.07) is 8.27. The second-order valence-corrected chi connectivity index (χ2v) is 6.59. The zero-order valence-electron chi connectivity index (χ0n) is 12.9. The van der Waals surface area contributed by atoms with Crippen molar-refractivity contribution in [2.45, 2.75) is 18.8 Å². The van der Waals surface area contributed by atoms with Crippen LogP contribution in [-0.4, -0.2) is 20.3 Å². The molecule has 0 aromatic heterocycles. The number of alkyl halides is 6. The molecule has 142 valence electrons. The molecular weight excluding hydrogens is 390 g/mol. The standard InChI is InChI=1S/C15H10F6O4S/c1-9-2-4-10(5-3-9)12-7-6-11(24-14(16,17)18)8-13(12)25-26(22,23)15(19,20)21/h2-8H,1H3. The summed E-state index contributed by atoms with van der Waals surface area (Å²) in [4.78, 5) is 0. The Morgan fingerprint density at radius 1 is 0.885 bits per heavy atom. The summed E-state index contributed by atoms with van der Waals surface area (Å²) in [5.41, 5.74) is -4.87. The van der Waals surface area contributed by atoms with Crippen LogP contribution in [-0.2, 0) is 10.1 Å². The molecule has 0 bridgehead atoms. The van der Waals surface area contributed by atoms with Crippen LogP contribution in [0.15, 0.2) is 42.5 Å². The van der Waals surface area contributed by atoms with Crippen LogP contribution in [0, 0.1) is 6.92 Å². The maximum atomic E-state index is 12.6. The van der Waals surface area contributed by atoms with Crippen LogP contribution in [0.2, 0.25) is 0 Å². The quantitative estimate of drug-likeness (QED) is 0.421. The van der Waals surface area contributed by atoms with E-state index >= 15 is 0 Å². The Labute approximate surface area is 144 Å². The molecule has 0 saturated heterocycles. The molecule has 0 amide bonds. The lowest BCUT2D eigenvalue weighted by molar-refractivity contribution is -0.274. The molecule has 0 aliphatic heterocycles. The average molecular weight is 400 g/mol. The normalized spacial score (nSPS) is 12.7. The molecule has 26 heavy (non-hydrogen) atoms. The van der Waals surface area contributed by atoms with E-state index in [1.54, 1.807) is 19.1 Å². The number of hydrogen-bond acceptors (Lipinski definition) is 4. The molecule has 0 radical (unpaired) electrons. The molecule has 0 unspecified atom stereocenters. The van der Waals surface area contributed by atoms with Crippen LogP contribution in [0.25, 0.3) is 11.1 Å². The minimum atomic E-state index is -6.09. The van der Waals surface area contributed by atoms with Crippen LogP contribution in [0.1, 0.15) is 5.56 Å². The van der Waals surface area contributed by atoms with Crippen LogP contribution < -0.4 is 8.92 Å². The maximum Gasteiger partial charge on any atom is 0.573 e. The second-order valence-electron chi connectivity index (χ2n) is 5.05. The first kappa shape index (κ1) is 19.9. The Hall–Kier alpha value is -2.43. The highest BCUT2D eigenvalue weighted by Gasteiger charge is 2.49. The molecule has 11 heteroatoms. The van der Waals surface area contributed by atoms with Crippen molar-refractivity contribution >= 4 is 10.1 Å². The molecular formula is C15H10F6O4S. The number of rotatable bonds is 4. The Bertz CT molecular complexity index is 886. The summed E-state index contributed by atoms with van der Waals surface area (Å²) in [6.45, 7) is 1.73. The third kappa shape index (κ3) is 4.81.